The van der Waals surface area contributed by atoms with Crippen LogP contribution in [0.3, 0.4) is 0 Å². The van der Waals surface area contributed by atoms with E-state index in [0.29, 0.717) is 18.8 Å². The minimum atomic E-state index is -0.576. The first-order valence-electron chi connectivity index (χ1n) is 10.4. The first kappa shape index (κ1) is 23.3. The molecule has 1 amide bonds. The maximum absolute atomic E-state index is 12.7. The topological polar surface area (TPSA) is 113 Å². The third-order valence-electron chi connectivity index (χ3n) is 4.98. The third-order valence-corrected chi connectivity index (χ3v) is 4.98. The van der Waals surface area contributed by atoms with Crippen LogP contribution >= 0.6 is 0 Å². The van der Waals surface area contributed by atoms with E-state index in [9.17, 15) is 14.4 Å². The Hall–Kier alpha value is -3.03. The Bertz CT molecular complexity index is 1010. The number of hydrogen-bond donors (Lipinski definition) is 3. The van der Waals surface area contributed by atoms with Crippen molar-refractivity contribution in [3.8, 4) is 0 Å². The summed E-state index contributed by atoms with van der Waals surface area (Å²) in [6.07, 6.45) is 1.66. The van der Waals surface area contributed by atoms with Crippen molar-refractivity contribution in [3.05, 3.63) is 50.2 Å². The molecule has 1 aromatic heterocycles. The minimum absolute atomic E-state index is 0.0416. The summed E-state index contributed by atoms with van der Waals surface area (Å²) in [6.45, 7) is 10.8. The SMILES string of the molecule is CCCCN(CC(=O)Nc1ccc(C)c(C)c1)c1c(N)n(CC(C)C)c(=O)[nH]c1=O. The van der Waals surface area contributed by atoms with Gasteiger partial charge in [0.05, 0.1) is 6.54 Å². The van der Waals surface area contributed by atoms with Crippen LogP contribution in [0.4, 0.5) is 17.2 Å². The number of aromatic amines is 1. The summed E-state index contributed by atoms with van der Waals surface area (Å²) >= 11 is 0. The van der Waals surface area contributed by atoms with Crippen LogP contribution in [0.15, 0.2) is 27.8 Å². The van der Waals surface area contributed by atoms with Gasteiger partial charge in [-0.2, -0.15) is 0 Å². The number of nitrogen functional groups attached to an aromatic ring is 1. The summed E-state index contributed by atoms with van der Waals surface area (Å²) in [5.74, 6) is 0.00298. The van der Waals surface area contributed by atoms with Gasteiger partial charge in [-0.05, 0) is 49.4 Å². The second-order valence-electron chi connectivity index (χ2n) is 8.12. The molecule has 0 spiro atoms. The molecule has 164 valence electrons. The first-order chi connectivity index (χ1) is 14.1. The Morgan fingerprint density at radius 2 is 1.93 bits per heavy atom. The highest BCUT2D eigenvalue weighted by Crippen LogP contribution is 2.19. The smallest absolute Gasteiger partial charge is 0.330 e. The van der Waals surface area contributed by atoms with Gasteiger partial charge in [0, 0.05) is 18.8 Å². The molecule has 8 nitrogen and oxygen atoms in total. The molecule has 0 fully saturated rings. The number of rotatable bonds is 9. The second-order valence-corrected chi connectivity index (χ2v) is 8.12. The highest BCUT2D eigenvalue weighted by molar-refractivity contribution is 5.94. The highest BCUT2D eigenvalue weighted by atomic mass is 16.2. The Labute approximate surface area is 177 Å². The van der Waals surface area contributed by atoms with E-state index in [1.54, 1.807) is 4.90 Å². The predicted octanol–water partition coefficient (Wildman–Crippen LogP) is 2.64. The van der Waals surface area contributed by atoms with Crippen molar-refractivity contribution in [1.82, 2.24) is 9.55 Å². The van der Waals surface area contributed by atoms with Crippen LogP contribution in [-0.2, 0) is 11.3 Å². The Kier molecular flexibility index (Phi) is 7.86. The molecule has 2 aromatic rings. The van der Waals surface area contributed by atoms with Crippen molar-refractivity contribution in [3.63, 3.8) is 0 Å². The zero-order valence-electron chi connectivity index (χ0n) is 18.5. The van der Waals surface area contributed by atoms with Crippen molar-refractivity contribution in [1.29, 1.82) is 0 Å². The Morgan fingerprint density at radius 1 is 1.23 bits per heavy atom. The van der Waals surface area contributed by atoms with Gasteiger partial charge in [0.1, 0.15) is 11.5 Å². The van der Waals surface area contributed by atoms with E-state index in [2.05, 4.69) is 10.3 Å². The summed E-state index contributed by atoms with van der Waals surface area (Å²) in [4.78, 5) is 41.6. The molecule has 1 heterocycles. The molecule has 0 aliphatic heterocycles. The number of nitrogens with one attached hydrogen (secondary N) is 2. The van der Waals surface area contributed by atoms with Gasteiger partial charge in [0.2, 0.25) is 5.91 Å². The molecule has 0 atom stereocenters. The highest BCUT2D eigenvalue weighted by Gasteiger charge is 2.21. The number of hydrogen-bond acceptors (Lipinski definition) is 5. The maximum atomic E-state index is 12.7. The second kappa shape index (κ2) is 10.1. The lowest BCUT2D eigenvalue weighted by atomic mass is 10.1. The maximum Gasteiger partial charge on any atom is 0.330 e. The quantitative estimate of drug-likeness (QED) is 0.583. The molecule has 0 radical (unpaired) electrons. The summed E-state index contributed by atoms with van der Waals surface area (Å²) in [5.41, 5.74) is 8.22. The van der Waals surface area contributed by atoms with Gasteiger partial charge in [0.25, 0.3) is 5.56 Å². The number of aryl methyl sites for hydroxylation is 2. The normalized spacial score (nSPS) is 11.0. The largest absolute Gasteiger partial charge is 0.383 e. The van der Waals surface area contributed by atoms with Crippen LogP contribution in [0.25, 0.3) is 0 Å². The van der Waals surface area contributed by atoms with Crippen molar-refractivity contribution < 1.29 is 4.79 Å². The fourth-order valence-corrected chi connectivity index (χ4v) is 3.24. The molecule has 30 heavy (non-hydrogen) atoms. The molecule has 2 rings (SSSR count). The summed E-state index contributed by atoms with van der Waals surface area (Å²) < 4.78 is 1.36. The van der Waals surface area contributed by atoms with Gasteiger partial charge >= 0.3 is 5.69 Å². The lowest BCUT2D eigenvalue weighted by Crippen LogP contribution is -2.42. The molecule has 4 N–H and O–H groups in total. The number of nitrogens with two attached hydrogens (primary N) is 1. The van der Waals surface area contributed by atoms with Gasteiger partial charge in [-0.15, -0.1) is 0 Å². The monoisotopic (exact) mass is 415 g/mol. The van der Waals surface area contributed by atoms with Crippen LogP contribution in [0, 0.1) is 19.8 Å². The average molecular weight is 416 g/mol. The van der Waals surface area contributed by atoms with Gasteiger partial charge in [-0.3, -0.25) is 19.1 Å². The number of H-pyrrole nitrogens is 1. The van der Waals surface area contributed by atoms with E-state index in [-0.39, 0.29) is 29.9 Å². The summed E-state index contributed by atoms with van der Waals surface area (Å²) in [5, 5.41) is 2.88. The minimum Gasteiger partial charge on any atom is -0.383 e. The van der Waals surface area contributed by atoms with Crippen molar-refractivity contribution in [2.24, 2.45) is 5.92 Å². The molecule has 0 aliphatic carbocycles. The number of aromatic nitrogens is 2. The van der Waals surface area contributed by atoms with E-state index < -0.39 is 11.2 Å². The molecule has 0 saturated carbocycles. The van der Waals surface area contributed by atoms with Crippen LogP contribution < -0.4 is 27.2 Å². The van der Waals surface area contributed by atoms with Gasteiger partial charge < -0.3 is 16.0 Å². The van der Waals surface area contributed by atoms with Crippen LogP contribution in [0.1, 0.15) is 44.7 Å². The zero-order valence-corrected chi connectivity index (χ0v) is 18.5. The standard InChI is InChI=1S/C22H33N5O3/c1-6-7-10-26(13-18(28)24-17-9-8-15(4)16(5)11-17)19-20(23)27(12-14(2)3)22(30)25-21(19)29/h8-9,11,14H,6-7,10,12-13,23H2,1-5H3,(H,24,28)(H,25,29,30). The van der Waals surface area contributed by atoms with Crippen molar-refractivity contribution >= 4 is 23.1 Å². The van der Waals surface area contributed by atoms with Crippen LogP contribution in [0.2, 0.25) is 0 Å². The number of nitrogens with zero attached hydrogens (tertiary/aromatic N) is 2. The number of carbonyl (C=O) groups excluding carboxylic acids is 1. The number of amides is 1. The van der Waals surface area contributed by atoms with Crippen LogP contribution in [0.5, 0.6) is 0 Å². The Morgan fingerprint density at radius 3 is 2.53 bits per heavy atom. The molecule has 8 heteroatoms. The van der Waals surface area contributed by atoms with E-state index in [4.69, 9.17) is 5.73 Å². The number of unbranched alkanes of at least 4 members (excludes halogenated alkanes) is 1. The molecule has 0 aliphatic rings. The summed E-state index contributed by atoms with van der Waals surface area (Å²) in [6, 6.07) is 5.71. The van der Waals surface area contributed by atoms with Crippen LogP contribution in [-0.4, -0.2) is 28.5 Å². The predicted molar refractivity (Wildman–Crippen MR) is 122 cm³/mol. The lowest BCUT2D eigenvalue weighted by molar-refractivity contribution is -0.115. The number of anilines is 3. The van der Waals surface area contributed by atoms with E-state index in [1.165, 1.54) is 4.57 Å². The van der Waals surface area contributed by atoms with Gasteiger partial charge in [-0.1, -0.05) is 33.3 Å². The summed E-state index contributed by atoms with van der Waals surface area (Å²) in [7, 11) is 0. The fourth-order valence-electron chi connectivity index (χ4n) is 3.24. The number of benzene rings is 1. The molecule has 0 saturated heterocycles. The van der Waals surface area contributed by atoms with Gasteiger partial charge in [-0.25, -0.2) is 4.79 Å². The zero-order chi connectivity index (χ0) is 22.4. The van der Waals surface area contributed by atoms with E-state index in [0.717, 1.165) is 24.0 Å². The molecular weight excluding hydrogens is 382 g/mol. The first-order valence-corrected chi connectivity index (χ1v) is 10.4. The van der Waals surface area contributed by atoms with Crippen molar-refractivity contribution in [2.75, 3.05) is 29.0 Å². The molecule has 1 aromatic carbocycles. The molecular formula is C22H33N5O3. The average Bonchev–Trinajstić information content (AvgIpc) is 2.65. The lowest BCUT2D eigenvalue weighted by Gasteiger charge is -2.26. The Balaban J connectivity index is 2.35. The number of carbonyl (C=O) groups is 1. The van der Waals surface area contributed by atoms with Crippen molar-refractivity contribution in [2.45, 2.75) is 54.0 Å². The fraction of sp³-hybridized carbons (Fsp3) is 0.500. The van der Waals surface area contributed by atoms with E-state index >= 15 is 0 Å². The third kappa shape index (κ3) is 5.75. The molecule has 0 bridgehead atoms. The van der Waals surface area contributed by atoms with Gasteiger partial charge in [0.15, 0.2) is 0 Å². The van der Waals surface area contributed by atoms with E-state index in [1.807, 2.05) is 52.8 Å². The molecule has 0 unspecified atom stereocenters.